The Morgan fingerprint density at radius 2 is 2.24 bits per heavy atom. The molecule has 0 spiro atoms. The minimum atomic E-state index is -0.122. The fourth-order valence-electron chi connectivity index (χ4n) is 1.82. The molecule has 1 heterocycles. The second-order valence-corrected chi connectivity index (χ2v) is 6.84. The van der Waals surface area contributed by atoms with E-state index in [0.29, 0.717) is 5.13 Å². The molecule has 0 aliphatic rings. The number of carbonyl (C=O) groups is 1. The average Bonchev–Trinajstić information content (AvgIpc) is 2.86. The van der Waals surface area contributed by atoms with Crippen LogP contribution in [0, 0.1) is 6.92 Å². The molecule has 21 heavy (non-hydrogen) atoms. The van der Waals surface area contributed by atoms with Gasteiger partial charge >= 0.3 is 0 Å². The van der Waals surface area contributed by atoms with Crippen LogP contribution in [0.5, 0.6) is 5.75 Å². The van der Waals surface area contributed by atoms with Gasteiger partial charge in [0.05, 0.1) is 13.5 Å². The van der Waals surface area contributed by atoms with Crippen LogP contribution in [0.1, 0.15) is 18.1 Å². The molecule has 0 atom stereocenters. The Kier molecular flexibility index (Phi) is 5.58. The molecule has 0 saturated heterocycles. The highest BCUT2D eigenvalue weighted by atomic mass is 32.2. The summed E-state index contributed by atoms with van der Waals surface area (Å²) < 4.78 is 6.14. The number of ether oxygens (including phenoxy) is 1. The molecule has 0 saturated carbocycles. The molecule has 2 rings (SSSR count). The Labute approximate surface area is 132 Å². The van der Waals surface area contributed by atoms with E-state index in [4.69, 9.17) is 4.74 Å². The quantitative estimate of drug-likeness (QED) is 0.653. The summed E-state index contributed by atoms with van der Waals surface area (Å²) in [6.45, 7) is 4.04. The topological polar surface area (TPSA) is 64.1 Å². The third-order valence-corrected chi connectivity index (χ3v) is 4.56. The normalized spacial score (nSPS) is 10.4. The van der Waals surface area contributed by atoms with E-state index < -0.39 is 0 Å². The monoisotopic (exact) mass is 323 g/mol. The second kappa shape index (κ2) is 7.42. The predicted octanol–water partition coefficient (Wildman–Crippen LogP) is 3.15. The first-order valence-corrected chi connectivity index (χ1v) is 8.32. The van der Waals surface area contributed by atoms with Gasteiger partial charge in [0.1, 0.15) is 5.75 Å². The van der Waals surface area contributed by atoms with E-state index in [2.05, 4.69) is 15.5 Å². The molecule has 1 aromatic heterocycles. The van der Waals surface area contributed by atoms with Crippen molar-refractivity contribution in [1.82, 2.24) is 10.2 Å². The smallest absolute Gasteiger partial charge is 0.230 e. The largest absolute Gasteiger partial charge is 0.496 e. The zero-order valence-electron chi connectivity index (χ0n) is 12.2. The van der Waals surface area contributed by atoms with Crippen molar-refractivity contribution in [2.45, 2.75) is 24.6 Å². The maximum atomic E-state index is 12.1. The van der Waals surface area contributed by atoms with Crippen molar-refractivity contribution in [2.24, 2.45) is 0 Å². The summed E-state index contributed by atoms with van der Waals surface area (Å²) >= 11 is 3.00. The van der Waals surface area contributed by atoms with Crippen LogP contribution in [0.2, 0.25) is 0 Å². The van der Waals surface area contributed by atoms with Crippen LogP contribution in [0.25, 0.3) is 0 Å². The Hall–Kier alpha value is -1.60. The molecule has 1 aromatic carbocycles. The van der Waals surface area contributed by atoms with Crippen LogP contribution in [0.3, 0.4) is 0 Å². The van der Waals surface area contributed by atoms with Crippen LogP contribution in [0.4, 0.5) is 5.13 Å². The van der Waals surface area contributed by atoms with Crippen molar-refractivity contribution in [2.75, 3.05) is 18.2 Å². The number of hydrogen-bond donors (Lipinski definition) is 1. The zero-order valence-corrected chi connectivity index (χ0v) is 13.8. The number of benzene rings is 1. The number of aromatic nitrogens is 2. The van der Waals surface area contributed by atoms with Gasteiger partial charge in [-0.3, -0.25) is 4.79 Å². The standard InChI is InChI=1S/C14H17N3O2S2/c1-4-20-14-17-16-13(21-14)15-12(18)8-10-7-9(2)5-6-11(10)19-3/h5-7H,4,8H2,1-3H3,(H,15,16,18). The number of methoxy groups -OCH3 is 1. The van der Waals surface area contributed by atoms with E-state index >= 15 is 0 Å². The summed E-state index contributed by atoms with van der Waals surface area (Å²) in [4.78, 5) is 12.1. The van der Waals surface area contributed by atoms with Gasteiger partial charge in [0.25, 0.3) is 0 Å². The lowest BCUT2D eigenvalue weighted by atomic mass is 10.1. The van der Waals surface area contributed by atoms with Gasteiger partial charge in [-0.05, 0) is 18.7 Å². The summed E-state index contributed by atoms with van der Waals surface area (Å²) in [5.74, 6) is 1.53. The van der Waals surface area contributed by atoms with Crippen LogP contribution in [0.15, 0.2) is 22.5 Å². The van der Waals surface area contributed by atoms with Crippen molar-refractivity contribution in [3.63, 3.8) is 0 Å². The van der Waals surface area contributed by atoms with Crippen LogP contribution in [-0.4, -0.2) is 29.0 Å². The summed E-state index contributed by atoms with van der Waals surface area (Å²) in [6, 6.07) is 5.79. The molecule has 112 valence electrons. The number of aryl methyl sites for hydroxylation is 1. The third-order valence-electron chi connectivity index (χ3n) is 2.71. The molecule has 0 radical (unpaired) electrons. The molecule has 1 N–H and O–H groups in total. The molecular formula is C14H17N3O2S2. The number of nitrogens with one attached hydrogen (secondary N) is 1. The lowest BCUT2D eigenvalue weighted by Crippen LogP contribution is -2.14. The average molecular weight is 323 g/mol. The Balaban J connectivity index is 2.02. The maximum Gasteiger partial charge on any atom is 0.230 e. The fraction of sp³-hybridized carbons (Fsp3) is 0.357. The molecule has 7 heteroatoms. The van der Waals surface area contributed by atoms with Gasteiger partial charge in [-0.1, -0.05) is 47.7 Å². The molecule has 2 aromatic rings. The minimum Gasteiger partial charge on any atom is -0.496 e. The van der Waals surface area contributed by atoms with E-state index in [9.17, 15) is 4.79 Å². The van der Waals surface area contributed by atoms with Gasteiger partial charge in [-0.15, -0.1) is 10.2 Å². The molecular weight excluding hydrogens is 306 g/mol. The van der Waals surface area contributed by atoms with Gasteiger partial charge in [0.15, 0.2) is 4.34 Å². The Bertz CT molecular complexity index is 628. The lowest BCUT2D eigenvalue weighted by Gasteiger charge is -2.08. The summed E-state index contributed by atoms with van der Waals surface area (Å²) in [5.41, 5.74) is 1.96. The zero-order chi connectivity index (χ0) is 15.2. The van der Waals surface area contributed by atoms with E-state index in [0.717, 1.165) is 27.0 Å². The highest BCUT2D eigenvalue weighted by molar-refractivity contribution is 8.01. The van der Waals surface area contributed by atoms with E-state index in [1.54, 1.807) is 18.9 Å². The minimum absolute atomic E-state index is 0.122. The number of nitrogens with zero attached hydrogens (tertiary/aromatic N) is 2. The van der Waals surface area contributed by atoms with Gasteiger partial charge in [-0.25, -0.2) is 0 Å². The van der Waals surface area contributed by atoms with E-state index in [1.807, 2.05) is 32.0 Å². The number of carbonyl (C=O) groups excluding carboxylic acids is 1. The maximum absolute atomic E-state index is 12.1. The molecule has 0 bridgehead atoms. The number of anilines is 1. The molecule has 1 amide bonds. The van der Waals surface area contributed by atoms with Gasteiger partial charge < -0.3 is 10.1 Å². The molecule has 0 fully saturated rings. The van der Waals surface area contributed by atoms with Crippen molar-refractivity contribution in [1.29, 1.82) is 0 Å². The van der Waals surface area contributed by atoms with Crippen molar-refractivity contribution in [3.05, 3.63) is 29.3 Å². The number of amides is 1. The first-order chi connectivity index (χ1) is 10.1. The number of thioether (sulfide) groups is 1. The van der Waals surface area contributed by atoms with E-state index in [-0.39, 0.29) is 12.3 Å². The lowest BCUT2D eigenvalue weighted by molar-refractivity contribution is -0.115. The SMILES string of the molecule is CCSc1nnc(NC(=O)Cc2cc(C)ccc2OC)s1. The van der Waals surface area contributed by atoms with Crippen LogP contribution in [-0.2, 0) is 11.2 Å². The predicted molar refractivity (Wildman–Crippen MR) is 86.4 cm³/mol. The third kappa shape index (κ3) is 4.44. The highest BCUT2D eigenvalue weighted by Gasteiger charge is 2.12. The highest BCUT2D eigenvalue weighted by Crippen LogP contribution is 2.25. The van der Waals surface area contributed by atoms with Gasteiger partial charge in [0, 0.05) is 5.56 Å². The summed E-state index contributed by atoms with van der Waals surface area (Å²) in [5, 5.41) is 11.3. The molecule has 0 unspecified atom stereocenters. The molecule has 5 nitrogen and oxygen atoms in total. The second-order valence-electron chi connectivity index (χ2n) is 4.35. The van der Waals surface area contributed by atoms with Crippen molar-refractivity contribution in [3.8, 4) is 5.75 Å². The Morgan fingerprint density at radius 1 is 1.43 bits per heavy atom. The fourth-order valence-corrected chi connectivity index (χ4v) is 3.49. The van der Waals surface area contributed by atoms with Crippen molar-refractivity contribution >= 4 is 34.1 Å². The number of rotatable bonds is 6. The number of hydrogen-bond acceptors (Lipinski definition) is 6. The Morgan fingerprint density at radius 3 is 2.95 bits per heavy atom. The van der Waals surface area contributed by atoms with Gasteiger partial charge in [-0.2, -0.15) is 0 Å². The molecule has 0 aliphatic heterocycles. The van der Waals surface area contributed by atoms with Crippen molar-refractivity contribution < 1.29 is 9.53 Å². The van der Waals surface area contributed by atoms with Crippen LogP contribution >= 0.6 is 23.1 Å². The first-order valence-electron chi connectivity index (χ1n) is 6.52. The van der Waals surface area contributed by atoms with E-state index in [1.165, 1.54) is 11.3 Å². The van der Waals surface area contributed by atoms with Crippen LogP contribution < -0.4 is 10.1 Å². The van der Waals surface area contributed by atoms with Gasteiger partial charge in [0.2, 0.25) is 11.0 Å². The summed E-state index contributed by atoms with van der Waals surface area (Å²) in [7, 11) is 1.60. The molecule has 0 aliphatic carbocycles. The first kappa shape index (κ1) is 15.8. The summed E-state index contributed by atoms with van der Waals surface area (Å²) in [6.07, 6.45) is 0.251.